The largest absolute Gasteiger partial charge is 0.325 e. The summed E-state index contributed by atoms with van der Waals surface area (Å²) in [7, 11) is 1.45. The minimum Gasteiger partial charge on any atom is -0.325 e. The first kappa shape index (κ1) is 17.7. The van der Waals surface area contributed by atoms with E-state index in [0.717, 1.165) is 36.1 Å². The van der Waals surface area contributed by atoms with Crippen LogP contribution in [0.5, 0.6) is 0 Å². The summed E-state index contributed by atoms with van der Waals surface area (Å²) in [4.78, 5) is 38.6. The molecule has 6 heteroatoms. The van der Waals surface area contributed by atoms with Gasteiger partial charge in [0.15, 0.2) is 0 Å². The monoisotopic (exact) mass is 382 g/mol. The molecule has 1 aliphatic heterocycles. The summed E-state index contributed by atoms with van der Waals surface area (Å²) in [6.07, 6.45) is 3.46. The quantitative estimate of drug-likeness (QED) is 0.815. The van der Waals surface area contributed by atoms with Gasteiger partial charge < -0.3 is 5.32 Å². The minimum absolute atomic E-state index is 0.104. The first-order valence-corrected chi connectivity index (χ1v) is 9.34. The molecule has 0 aromatic heterocycles. The number of hydrogen-bond donors (Lipinski definition) is 1. The van der Waals surface area contributed by atoms with Crippen LogP contribution in [0.4, 0.5) is 5.69 Å². The van der Waals surface area contributed by atoms with Crippen LogP contribution in [0.1, 0.15) is 52.0 Å². The predicted molar refractivity (Wildman–Crippen MR) is 103 cm³/mol. The molecule has 5 nitrogen and oxygen atoms in total. The molecule has 1 saturated carbocycles. The summed E-state index contributed by atoms with van der Waals surface area (Å²) in [5, 5.41) is 3.57. The van der Waals surface area contributed by atoms with Crippen LogP contribution in [-0.4, -0.2) is 29.7 Å². The van der Waals surface area contributed by atoms with Gasteiger partial charge >= 0.3 is 0 Å². The normalized spacial score (nSPS) is 17.9. The fourth-order valence-corrected chi connectivity index (χ4v) is 4.29. The van der Waals surface area contributed by atoms with Gasteiger partial charge in [0.2, 0.25) is 5.91 Å². The van der Waals surface area contributed by atoms with Crippen molar-refractivity contribution in [2.24, 2.45) is 0 Å². The second kappa shape index (κ2) is 6.50. The van der Waals surface area contributed by atoms with Crippen molar-refractivity contribution in [3.63, 3.8) is 0 Å². The Morgan fingerprint density at radius 1 is 1.04 bits per heavy atom. The predicted octanol–water partition coefficient (Wildman–Crippen LogP) is 4.02. The van der Waals surface area contributed by atoms with Gasteiger partial charge in [0.25, 0.3) is 11.8 Å². The van der Waals surface area contributed by atoms with Gasteiger partial charge in [0, 0.05) is 17.8 Å². The highest BCUT2D eigenvalue weighted by atomic mass is 35.5. The van der Waals surface area contributed by atoms with E-state index in [1.54, 1.807) is 24.3 Å². The number of amides is 3. The summed E-state index contributed by atoms with van der Waals surface area (Å²) in [6, 6.07) is 12.3. The molecule has 2 aromatic rings. The minimum atomic E-state index is -0.624. The molecule has 1 N–H and O–H groups in total. The molecule has 1 fully saturated rings. The van der Waals surface area contributed by atoms with Crippen LogP contribution in [0.3, 0.4) is 0 Å². The average molecular weight is 383 g/mol. The zero-order valence-corrected chi connectivity index (χ0v) is 15.7. The number of rotatable bonds is 3. The van der Waals surface area contributed by atoms with Crippen LogP contribution in [0.25, 0.3) is 0 Å². The fourth-order valence-electron chi connectivity index (χ4n) is 4.10. The van der Waals surface area contributed by atoms with Gasteiger partial charge in [-0.1, -0.05) is 36.6 Å². The number of anilines is 1. The van der Waals surface area contributed by atoms with Gasteiger partial charge in [-0.25, -0.2) is 0 Å². The summed E-state index contributed by atoms with van der Waals surface area (Å²) in [5.74, 6) is -0.775. The molecule has 4 rings (SSSR count). The molecule has 2 aromatic carbocycles. The lowest BCUT2D eigenvalue weighted by atomic mass is 9.78. The third-order valence-electron chi connectivity index (χ3n) is 5.62. The molecule has 1 aliphatic carbocycles. The molecule has 0 radical (unpaired) electrons. The van der Waals surface area contributed by atoms with Gasteiger partial charge in [-0.2, -0.15) is 0 Å². The third kappa shape index (κ3) is 2.82. The topological polar surface area (TPSA) is 66.5 Å². The number of carbonyl (C=O) groups excluding carboxylic acids is 3. The van der Waals surface area contributed by atoms with E-state index in [1.165, 1.54) is 7.05 Å². The van der Waals surface area contributed by atoms with Gasteiger partial charge in [-0.3, -0.25) is 19.3 Å². The van der Waals surface area contributed by atoms with Gasteiger partial charge in [0.1, 0.15) is 0 Å². The van der Waals surface area contributed by atoms with Crippen LogP contribution in [0.15, 0.2) is 42.5 Å². The molecule has 138 valence electrons. The highest BCUT2D eigenvalue weighted by Crippen LogP contribution is 2.42. The molecule has 0 spiro atoms. The first-order valence-electron chi connectivity index (χ1n) is 8.96. The van der Waals surface area contributed by atoms with E-state index in [-0.39, 0.29) is 17.7 Å². The molecule has 0 atom stereocenters. The van der Waals surface area contributed by atoms with Crippen molar-refractivity contribution in [1.82, 2.24) is 4.90 Å². The smallest absolute Gasteiger partial charge is 0.261 e. The highest BCUT2D eigenvalue weighted by Gasteiger charge is 2.43. The van der Waals surface area contributed by atoms with Crippen molar-refractivity contribution in [3.8, 4) is 0 Å². The van der Waals surface area contributed by atoms with Crippen molar-refractivity contribution in [3.05, 3.63) is 64.2 Å². The number of nitrogens with zero attached hydrogens (tertiary/aromatic N) is 1. The van der Waals surface area contributed by atoms with E-state index < -0.39 is 5.41 Å². The molecular weight excluding hydrogens is 364 g/mol. The van der Waals surface area contributed by atoms with E-state index in [4.69, 9.17) is 11.6 Å². The molecule has 27 heavy (non-hydrogen) atoms. The standard InChI is InChI=1S/C21H19ClN2O3/c1-24-18(25)16-8-7-15(12-17(16)19(24)26)23-20(27)21(9-2-3-10-21)13-5-4-6-14(22)11-13/h4-8,11-12H,2-3,9-10H2,1H3,(H,23,27). The Labute approximate surface area is 162 Å². The molecule has 3 amide bonds. The lowest BCUT2D eigenvalue weighted by Gasteiger charge is -2.28. The van der Waals surface area contributed by atoms with Crippen molar-refractivity contribution in [1.29, 1.82) is 0 Å². The number of nitrogens with one attached hydrogen (secondary N) is 1. The fraction of sp³-hybridized carbons (Fsp3) is 0.286. The second-order valence-electron chi connectivity index (χ2n) is 7.18. The van der Waals surface area contributed by atoms with E-state index in [0.29, 0.717) is 21.8 Å². The maximum atomic E-state index is 13.2. The van der Waals surface area contributed by atoms with E-state index in [9.17, 15) is 14.4 Å². The molecule has 1 heterocycles. The Morgan fingerprint density at radius 2 is 1.74 bits per heavy atom. The molecular formula is C21H19ClN2O3. The Bertz CT molecular complexity index is 964. The maximum Gasteiger partial charge on any atom is 0.261 e. The van der Waals surface area contributed by atoms with Crippen LogP contribution in [-0.2, 0) is 10.2 Å². The Kier molecular flexibility index (Phi) is 4.27. The number of benzene rings is 2. The van der Waals surface area contributed by atoms with Crippen LogP contribution >= 0.6 is 11.6 Å². The number of hydrogen-bond acceptors (Lipinski definition) is 3. The van der Waals surface area contributed by atoms with Gasteiger partial charge in [-0.05, 0) is 48.7 Å². The van der Waals surface area contributed by atoms with Crippen molar-refractivity contribution < 1.29 is 14.4 Å². The molecule has 2 aliphatic rings. The lowest BCUT2D eigenvalue weighted by Crippen LogP contribution is -2.38. The average Bonchev–Trinajstić information content (AvgIpc) is 3.24. The van der Waals surface area contributed by atoms with Gasteiger partial charge in [0.05, 0.1) is 16.5 Å². The molecule has 0 bridgehead atoms. The van der Waals surface area contributed by atoms with Crippen molar-refractivity contribution in [2.75, 3.05) is 12.4 Å². The highest BCUT2D eigenvalue weighted by molar-refractivity contribution is 6.30. The van der Waals surface area contributed by atoms with Crippen molar-refractivity contribution >= 4 is 35.0 Å². The second-order valence-corrected chi connectivity index (χ2v) is 7.62. The third-order valence-corrected chi connectivity index (χ3v) is 5.85. The Hall–Kier alpha value is -2.66. The van der Waals surface area contributed by atoms with Gasteiger partial charge in [-0.15, -0.1) is 0 Å². The molecule has 0 unspecified atom stereocenters. The van der Waals surface area contributed by atoms with E-state index in [1.807, 2.05) is 18.2 Å². The lowest BCUT2D eigenvalue weighted by molar-refractivity contribution is -0.121. The van der Waals surface area contributed by atoms with Crippen molar-refractivity contribution in [2.45, 2.75) is 31.1 Å². The Balaban J connectivity index is 1.65. The number of halogens is 1. The SMILES string of the molecule is CN1C(=O)c2ccc(NC(=O)C3(c4cccc(Cl)c4)CCCC3)cc2C1=O. The zero-order valence-electron chi connectivity index (χ0n) is 14.9. The first-order chi connectivity index (χ1) is 12.9. The van der Waals surface area contributed by atoms with E-state index >= 15 is 0 Å². The summed E-state index contributed by atoms with van der Waals surface area (Å²) in [6.45, 7) is 0. The number of fused-ring (bicyclic) bond motifs is 1. The Morgan fingerprint density at radius 3 is 2.44 bits per heavy atom. The van der Waals surface area contributed by atoms with Crippen LogP contribution in [0.2, 0.25) is 5.02 Å². The molecule has 0 saturated heterocycles. The summed E-state index contributed by atoms with van der Waals surface area (Å²) >= 11 is 6.15. The van der Waals surface area contributed by atoms with Crippen LogP contribution in [0, 0.1) is 0 Å². The maximum absolute atomic E-state index is 13.2. The summed E-state index contributed by atoms with van der Waals surface area (Å²) in [5.41, 5.74) is 1.50. The number of carbonyl (C=O) groups is 3. The zero-order chi connectivity index (χ0) is 19.2. The summed E-state index contributed by atoms with van der Waals surface area (Å²) < 4.78 is 0. The van der Waals surface area contributed by atoms with Crippen LogP contribution < -0.4 is 5.32 Å². The van der Waals surface area contributed by atoms with E-state index in [2.05, 4.69) is 5.32 Å². The number of imide groups is 1.